The van der Waals surface area contributed by atoms with Crippen LogP contribution >= 0.6 is 0 Å². The van der Waals surface area contributed by atoms with Crippen LogP contribution in [0.4, 0.5) is 0 Å². The van der Waals surface area contributed by atoms with Gasteiger partial charge in [0.15, 0.2) is 5.76 Å². The summed E-state index contributed by atoms with van der Waals surface area (Å²) in [5, 5.41) is 13.5. The normalized spacial score (nSPS) is 19.1. The van der Waals surface area contributed by atoms with E-state index in [0.717, 1.165) is 0 Å². The van der Waals surface area contributed by atoms with Crippen LogP contribution in [0.3, 0.4) is 0 Å². The molecule has 0 aromatic heterocycles. The number of nitrogens with zero attached hydrogens (tertiary/aromatic N) is 1. The Kier molecular flexibility index (Phi) is 4.68. The number of ether oxygens (including phenoxy) is 1. The Morgan fingerprint density at radius 2 is 2.41 bits per heavy atom. The van der Waals surface area contributed by atoms with E-state index in [1.165, 1.54) is 14.0 Å². The molecule has 6 heteroatoms. The summed E-state index contributed by atoms with van der Waals surface area (Å²) in [6, 6.07) is 0. The van der Waals surface area contributed by atoms with E-state index in [4.69, 9.17) is 4.74 Å². The minimum Gasteiger partial charge on any atom is -0.490 e. The molecule has 0 radical (unpaired) electrons. The zero-order valence-electron chi connectivity index (χ0n) is 9.93. The van der Waals surface area contributed by atoms with Crippen molar-refractivity contribution < 1.29 is 14.5 Å². The summed E-state index contributed by atoms with van der Waals surface area (Å²) in [5.74, 6) is 0.291. The first-order chi connectivity index (χ1) is 8.04. The lowest BCUT2D eigenvalue weighted by Gasteiger charge is -2.16. The molecule has 6 nitrogen and oxygen atoms in total. The molecule has 1 unspecified atom stereocenters. The molecule has 0 spiro atoms. The standard InChI is InChI=1S/C11H16N2O4/c1-8(14)12-6-5-9-3-4-11(17-2)10(7-9)13(15)16/h3-4,9H,5-7H2,1-2H3,(H,12,14). The van der Waals surface area contributed by atoms with Gasteiger partial charge in [0.2, 0.25) is 5.91 Å². The Morgan fingerprint density at radius 3 is 2.94 bits per heavy atom. The molecule has 17 heavy (non-hydrogen) atoms. The molecule has 0 heterocycles. The molecule has 0 bridgehead atoms. The zero-order valence-corrected chi connectivity index (χ0v) is 9.93. The minimum absolute atomic E-state index is 0.0705. The molecule has 1 N–H and O–H groups in total. The molecule has 0 aromatic rings. The Balaban J connectivity index is 2.55. The third-order valence-corrected chi connectivity index (χ3v) is 2.59. The van der Waals surface area contributed by atoms with Gasteiger partial charge in [-0.05, 0) is 18.4 Å². The van der Waals surface area contributed by atoms with Gasteiger partial charge in [-0.15, -0.1) is 0 Å². The van der Waals surface area contributed by atoms with E-state index >= 15 is 0 Å². The third-order valence-electron chi connectivity index (χ3n) is 2.59. The van der Waals surface area contributed by atoms with E-state index in [2.05, 4.69) is 5.32 Å². The predicted molar refractivity (Wildman–Crippen MR) is 61.6 cm³/mol. The van der Waals surface area contributed by atoms with Gasteiger partial charge in [0.25, 0.3) is 5.70 Å². The summed E-state index contributed by atoms with van der Waals surface area (Å²) in [5.41, 5.74) is 0.0998. The number of nitrogens with one attached hydrogen (secondary N) is 1. The summed E-state index contributed by atoms with van der Waals surface area (Å²) >= 11 is 0. The van der Waals surface area contributed by atoms with Crippen LogP contribution in [0.1, 0.15) is 19.8 Å². The second kappa shape index (κ2) is 6.03. The molecule has 1 rings (SSSR count). The highest BCUT2D eigenvalue weighted by Crippen LogP contribution is 2.26. The topological polar surface area (TPSA) is 81.5 Å². The van der Waals surface area contributed by atoms with Crippen LogP contribution in [-0.4, -0.2) is 24.5 Å². The number of rotatable bonds is 5. The number of nitro groups is 1. The second-order valence-corrected chi connectivity index (χ2v) is 3.87. The fourth-order valence-electron chi connectivity index (χ4n) is 1.72. The van der Waals surface area contributed by atoms with Gasteiger partial charge in [0.05, 0.1) is 12.0 Å². The highest BCUT2D eigenvalue weighted by Gasteiger charge is 2.25. The number of carbonyl (C=O) groups is 1. The largest absolute Gasteiger partial charge is 0.490 e. The molecule has 1 aliphatic rings. The third kappa shape index (κ3) is 3.90. The molecule has 0 fully saturated rings. The van der Waals surface area contributed by atoms with Crippen molar-refractivity contribution in [2.24, 2.45) is 5.92 Å². The van der Waals surface area contributed by atoms with Gasteiger partial charge in [-0.1, -0.05) is 6.08 Å². The smallest absolute Gasteiger partial charge is 0.288 e. The first-order valence-electron chi connectivity index (χ1n) is 5.38. The summed E-state index contributed by atoms with van der Waals surface area (Å²) in [6.45, 7) is 1.97. The fourth-order valence-corrected chi connectivity index (χ4v) is 1.72. The molecule has 0 aromatic carbocycles. The maximum atomic E-state index is 10.8. The van der Waals surface area contributed by atoms with E-state index in [1.54, 1.807) is 6.08 Å². The lowest BCUT2D eigenvalue weighted by Crippen LogP contribution is -2.23. The van der Waals surface area contributed by atoms with Gasteiger partial charge in [0.1, 0.15) is 0 Å². The molecule has 0 aliphatic heterocycles. The predicted octanol–water partition coefficient (Wildman–Crippen LogP) is 1.22. The average Bonchev–Trinajstić information content (AvgIpc) is 2.28. The average molecular weight is 240 g/mol. The van der Waals surface area contributed by atoms with Crippen LogP contribution in [0.25, 0.3) is 0 Å². The molecular formula is C11H16N2O4. The molecular weight excluding hydrogens is 224 g/mol. The van der Waals surface area contributed by atoms with Crippen molar-refractivity contribution in [1.82, 2.24) is 5.32 Å². The maximum absolute atomic E-state index is 10.8. The lowest BCUT2D eigenvalue weighted by molar-refractivity contribution is -0.431. The van der Waals surface area contributed by atoms with Crippen molar-refractivity contribution in [2.45, 2.75) is 19.8 Å². The molecule has 0 saturated carbocycles. The Labute approximate surface area is 99.5 Å². The van der Waals surface area contributed by atoms with Crippen LogP contribution in [0.2, 0.25) is 0 Å². The summed E-state index contributed by atoms with van der Waals surface area (Å²) in [7, 11) is 1.42. The quantitative estimate of drug-likeness (QED) is 0.578. The first-order valence-corrected chi connectivity index (χ1v) is 5.38. The van der Waals surface area contributed by atoms with E-state index < -0.39 is 4.92 Å². The van der Waals surface area contributed by atoms with Crippen LogP contribution in [0, 0.1) is 16.0 Å². The van der Waals surface area contributed by atoms with E-state index in [-0.39, 0.29) is 17.5 Å². The van der Waals surface area contributed by atoms with Crippen molar-refractivity contribution in [2.75, 3.05) is 13.7 Å². The van der Waals surface area contributed by atoms with Gasteiger partial charge >= 0.3 is 0 Å². The second-order valence-electron chi connectivity index (χ2n) is 3.87. The summed E-state index contributed by atoms with van der Waals surface area (Å²) in [4.78, 5) is 21.1. The molecule has 1 aliphatic carbocycles. The number of amides is 1. The van der Waals surface area contributed by atoms with Crippen LogP contribution in [0.15, 0.2) is 23.6 Å². The molecule has 94 valence electrons. The van der Waals surface area contributed by atoms with E-state index in [0.29, 0.717) is 25.1 Å². The number of allylic oxidation sites excluding steroid dienone is 3. The van der Waals surface area contributed by atoms with Crippen molar-refractivity contribution in [3.63, 3.8) is 0 Å². The number of carbonyl (C=O) groups excluding carboxylic acids is 1. The van der Waals surface area contributed by atoms with Gasteiger partial charge in [-0.25, -0.2) is 0 Å². The number of hydrogen-bond donors (Lipinski definition) is 1. The van der Waals surface area contributed by atoms with Gasteiger partial charge < -0.3 is 10.1 Å². The van der Waals surface area contributed by atoms with Crippen molar-refractivity contribution >= 4 is 5.91 Å². The van der Waals surface area contributed by atoms with Gasteiger partial charge in [0, 0.05) is 19.9 Å². The van der Waals surface area contributed by atoms with Crippen molar-refractivity contribution in [3.8, 4) is 0 Å². The van der Waals surface area contributed by atoms with Crippen LogP contribution in [0.5, 0.6) is 0 Å². The maximum Gasteiger partial charge on any atom is 0.288 e. The van der Waals surface area contributed by atoms with E-state index in [9.17, 15) is 14.9 Å². The lowest BCUT2D eigenvalue weighted by atomic mass is 9.94. The van der Waals surface area contributed by atoms with Crippen molar-refractivity contribution in [3.05, 3.63) is 33.7 Å². The summed E-state index contributed by atoms with van der Waals surface area (Å²) in [6.07, 6.45) is 4.53. The number of hydrogen-bond acceptors (Lipinski definition) is 4. The Morgan fingerprint density at radius 1 is 1.71 bits per heavy atom. The Bertz CT molecular complexity index is 374. The highest BCUT2D eigenvalue weighted by atomic mass is 16.6. The molecule has 0 saturated heterocycles. The van der Waals surface area contributed by atoms with Gasteiger partial charge in [-0.2, -0.15) is 0 Å². The number of methoxy groups -OCH3 is 1. The Hall–Kier alpha value is -1.85. The van der Waals surface area contributed by atoms with E-state index in [1.807, 2.05) is 6.08 Å². The monoisotopic (exact) mass is 240 g/mol. The highest BCUT2D eigenvalue weighted by molar-refractivity contribution is 5.72. The van der Waals surface area contributed by atoms with Gasteiger partial charge in [-0.3, -0.25) is 14.9 Å². The molecule has 1 atom stereocenters. The van der Waals surface area contributed by atoms with Crippen LogP contribution in [-0.2, 0) is 9.53 Å². The first kappa shape index (κ1) is 13.2. The zero-order chi connectivity index (χ0) is 12.8. The van der Waals surface area contributed by atoms with Crippen LogP contribution < -0.4 is 5.32 Å². The fraction of sp³-hybridized carbons (Fsp3) is 0.545. The SMILES string of the molecule is COC1=C([N+](=O)[O-])CC(CCNC(C)=O)C=C1. The summed E-state index contributed by atoms with van der Waals surface area (Å²) < 4.78 is 4.94. The molecule has 1 amide bonds. The van der Waals surface area contributed by atoms with Crippen molar-refractivity contribution in [1.29, 1.82) is 0 Å². The minimum atomic E-state index is -0.409.